The van der Waals surface area contributed by atoms with Gasteiger partial charge in [-0.15, -0.1) is 0 Å². The lowest BCUT2D eigenvalue weighted by atomic mass is 9.53. The smallest absolute Gasteiger partial charge is 0.239 e. The van der Waals surface area contributed by atoms with Crippen LogP contribution in [-0.2, 0) is 26.1 Å². The molecule has 4 saturated carbocycles. The third-order valence-electron chi connectivity index (χ3n) is 9.32. The van der Waals surface area contributed by atoms with Crippen molar-refractivity contribution in [3.8, 4) is 5.75 Å². The number of piperazine rings is 1. The van der Waals surface area contributed by atoms with Crippen molar-refractivity contribution in [2.45, 2.75) is 63.2 Å². The molecule has 1 aromatic rings. The van der Waals surface area contributed by atoms with Gasteiger partial charge < -0.3 is 10.0 Å². The molecular weight excluding hydrogens is 432 g/mol. The van der Waals surface area contributed by atoms with Crippen molar-refractivity contribution in [3.63, 3.8) is 0 Å². The van der Waals surface area contributed by atoms with Crippen LogP contribution in [-0.4, -0.2) is 67.1 Å². The quantitative estimate of drug-likeness (QED) is 0.666. The van der Waals surface area contributed by atoms with E-state index in [1.807, 2.05) is 12.1 Å². The monoisotopic (exact) mass is 472 g/mol. The summed E-state index contributed by atoms with van der Waals surface area (Å²) in [6.45, 7) is 6.07. The lowest BCUT2D eigenvalue weighted by Gasteiger charge is -2.58. The third-order valence-corrected chi connectivity index (χ3v) is 9.32. The van der Waals surface area contributed by atoms with E-state index in [1.165, 1.54) is 37.7 Å². The van der Waals surface area contributed by atoms with E-state index in [0.29, 0.717) is 30.8 Å². The molecule has 0 radical (unpaired) electrons. The van der Waals surface area contributed by atoms with Crippen LogP contribution in [0.5, 0.6) is 5.75 Å². The average molecular weight is 473 g/mol. The number of hydrogen-bond donors (Lipinski definition) is 1. The molecular formula is C27H40N2O5. The fourth-order valence-corrected chi connectivity index (χ4v) is 7.49. The molecule has 7 nitrogen and oxygen atoms in total. The summed E-state index contributed by atoms with van der Waals surface area (Å²) in [5.74, 6) is 2.36. The summed E-state index contributed by atoms with van der Waals surface area (Å²) in [5, 5.41) is 10.5. The lowest BCUT2D eigenvalue weighted by Crippen LogP contribution is -2.60. The van der Waals surface area contributed by atoms with E-state index in [9.17, 15) is 5.11 Å². The average Bonchev–Trinajstić information content (AvgIpc) is 2.83. The molecule has 34 heavy (non-hydrogen) atoms. The van der Waals surface area contributed by atoms with Gasteiger partial charge >= 0.3 is 0 Å². The molecule has 0 atom stereocenters. The van der Waals surface area contributed by atoms with Crippen molar-refractivity contribution in [2.75, 3.05) is 46.4 Å². The van der Waals surface area contributed by atoms with E-state index in [-0.39, 0.29) is 5.92 Å². The van der Waals surface area contributed by atoms with Crippen LogP contribution < -0.4 is 0 Å². The molecule has 4 aliphatic carbocycles. The fraction of sp³-hybridized carbons (Fsp3) is 0.778. The van der Waals surface area contributed by atoms with Crippen molar-refractivity contribution in [1.82, 2.24) is 9.80 Å². The number of nitrogens with zero attached hydrogens (tertiary/aromatic N) is 2. The highest BCUT2D eigenvalue weighted by atomic mass is 17.3. The Morgan fingerprint density at radius 3 is 2.12 bits per heavy atom. The summed E-state index contributed by atoms with van der Waals surface area (Å²) in [5.41, 5.74) is 2.22. The Morgan fingerprint density at radius 1 is 0.882 bits per heavy atom. The SMILES string of the molecule is CN1CCN(Cc2cc(C3CCOOC4(OOCC3)C3CC5CC(C3)CC4C5)ccc2O)CC1. The van der Waals surface area contributed by atoms with E-state index >= 15 is 0 Å². The lowest BCUT2D eigenvalue weighted by molar-refractivity contribution is -0.551. The Bertz CT molecular complexity index is 813. The molecule has 188 valence electrons. The van der Waals surface area contributed by atoms with Crippen LogP contribution in [0.1, 0.15) is 62.0 Å². The molecule has 7 rings (SSSR count). The van der Waals surface area contributed by atoms with Crippen molar-refractivity contribution in [1.29, 1.82) is 0 Å². The zero-order chi connectivity index (χ0) is 23.1. The van der Waals surface area contributed by atoms with E-state index in [4.69, 9.17) is 19.6 Å². The van der Waals surface area contributed by atoms with Gasteiger partial charge in [-0.25, -0.2) is 9.78 Å². The maximum atomic E-state index is 10.5. The standard InChI is InChI=1S/C27H40N2O5/c1-28-6-8-29(9-7-28)18-23-17-22(2-3-26(23)30)21-4-10-31-33-27(34-32-11-5-21)24-13-19-12-20(15-24)16-25(27)14-19/h2-3,17,19-21,24-25,30H,4-16,18H2,1H3. The minimum absolute atomic E-state index is 0.270. The molecule has 2 saturated heterocycles. The summed E-state index contributed by atoms with van der Waals surface area (Å²) >= 11 is 0. The Hall–Kier alpha value is -1.22. The Morgan fingerprint density at radius 2 is 1.50 bits per heavy atom. The molecule has 2 aliphatic heterocycles. The van der Waals surface area contributed by atoms with Gasteiger partial charge in [0, 0.05) is 50.1 Å². The van der Waals surface area contributed by atoms with E-state index in [1.54, 1.807) is 0 Å². The number of phenols is 1. The number of rotatable bonds is 3. The van der Waals surface area contributed by atoms with E-state index in [0.717, 1.165) is 63.0 Å². The summed E-state index contributed by atoms with van der Waals surface area (Å²) < 4.78 is 0. The van der Waals surface area contributed by atoms with Crippen molar-refractivity contribution < 1.29 is 24.7 Å². The maximum Gasteiger partial charge on any atom is 0.239 e. The van der Waals surface area contributed by atoms with Gasteiger partial charge in [0.1, 0.15) is 5.75 Å². The number of aromatic hydroxyl groups is 1. The molecule has 1 N–H and O–H groups in total. The summed E-state index contributed by atoms with van der Waals surface area (Å²) in [6, 6.07) is 6.06. The van der Waals surface area contributed by atoms with Crippen LogP contribution in [0.2, 0.25) is 0 Å². The van der Waals surface area contributed by atoms with Crippen LogP contribution in [0.25, 0.3) is 0 Å². The van der Waals surface area contributed by atoms with Crippen molar-refractivity contribution in [3.05, 3.63) is 29.3 Å². The molecule has 0 aromatic heterocycles. The molecule has 4 bridgehead atoms. The number of hydrogen-bond acceptors (Lipinski definition) is 7. The Balaban J connectivity index is 1.10. The van der Waals surface area contributed by atoms with Gasteiger partial charge in [-0.1, -0.05) is 12.1 Å². The predicted molar refractivity (Wildman–Crippen MR) is 127 cm³/mol. The van der Waals surface area contributed by atoms with Crippen LogP contribution in [0.3, 0.4) is 0 Å². The molecule has 0 unspecified atom stereocenters. The van der Waals surface area contributed by atoms with Crippen LogP contribution in [0, 0.1) is 23.7 Å². The topological polar surface area (TPSA) is 63.6 Å². The molecule has 6 fully saturated rings. The number of likely N-dealkylation sites (N-methyl/N-ethyl adjacent to an activating group) is 1. The number of benzene rings is 1. The van der Waals surface area contributed by atoms with Crippen LogP contribution >= 0.6 is 0 Å². The second kappa shape index (κ2) is 9.68. The predicted octanol–water partition coefficient (Wildman–Crippen LogP) is 4.07. The molecule has 1 spiro atoms. The highest BCUT2D eigenvalue weighted by Gasteiger charge is 2.61. The molecule has 7 heteroatoms. The summed E-state index contributed by atoms with van der Waals surface area (Å²) in [6.07, 6.45) is 7.79. The second-order valence-corrected chi connectivity index (χ2v) is 11.6. The minimum Gasteiger partial charge on any atom is -0.508 e. The fourth-order valence-electron chi connectivity index (χ4n) is 7.49. The summed E-state index contributed by atoms with van der Waals surface area (Å²) in [7, 11) is 2.16. The highest BCUT2D eigenvalue weighted by Crippen LogP contribution is 2.60. The number of phenolic OH excluding ortho intramolecular Hbond substituents is 1. The van der Waals surface area contributed by atoms with Gasteiger partial charge in [-0.3, -0.25) is 4.90 Å². The first-order valence-corrected chi connectivity index (χ1v) is 13.4. The Kier molecular flexibility index (Phi) is 6.60. The first-order valence-electron chi connectivity index (χ1n) is 13.4. The maximum absolute atomic E-state index is 10.5. The second-order valence-electron chi connectivity index (χ2n) is 11.6. The molecule has 2 heterocycles. The molecule has 0 amide bonds. The molecule has 1 aromatic carbocycles. The summed E-state index contributed by atoms with van der Waals surface area (Å²) in [4.78, 5) is 28.7. The van der Waals surface area contributed by atoms with E-state index < -0.39 is 5.79 Å². The van der Waals surface area contributed by atoms with Crippen LogP contribution in [0.4, 0.5) is 0 Å². The minimum atomic E-state index is -0.714. The first kappa shape index (κ1) is 23.2. The van der Waals surface area contributed by atoms with E-state index in [2.05, 4.69) is 22.9 Å². The third kappa shape index (κ3) is 4.51. The van der Waals surface area contributed by atoms with Crippen molar-refractivity contribution >= 4 is 0 Å². The van der Waals surface area contributed by atoms with Gasteiger partial charge in [-0.05, 0) is 81.4 Å². The normalized spacial score (nSPS) is 39.5. The van der Waals surface area contributed by atoms with Gasteiger partial charge in [0.2, 0.25) is 5.79 Å². The van der Waals surface area contributed by atoms with Gasteiger partial charge in [0.25, 0.3) is 0 Å². The van der Waals surface area contributed by atoms with Gasteiger partial charge in [0.15, 0.2) is 0 Å². The van der Waals surface area contributed by atoms with Gasteiger partial charge in [0.05, 0.1) is 13.2 Å². The molecule has 6 aliphatic rings. The van der Waals surface area contributed by atoms with Crippen LogP contribution in [0.15, 0.2) is 18.2 Å². The zero-order valence-electron chi connectivity index (χ0n) is 20.5. The first-order chi connectivity index (χ1) is 16.6. The Labute approximate surface area is 203 Å². The zero-order valence-corrected chi connectivity index (χ0v) is 20.5. The highest BCUT2D eigenvalue weighted by molar-refractivity contribution is 5.37. The van der Waals surface area contributed by atoms with Gasteiger partial charge in [-0.2, -0.15) is 9.78 Å². The largest absolute Gasteiger partial charge is 0.508 e. The van der Waals surface area contributed by atoms with Crippen molar-refractivity contribution in [2.24, 2.45) is 23.7 Å².